The van der Waals surface area contributed by atoms with Crippen LogP contribution in [0.1, 0.15) is 29.6 Å². The van der Waals surface area contributed by atoms with Crippen molar-refractivity contribution in [3.8, 4) is 0 Å². The van der Waals surface area contributed by atoms with Gasteiger partial charge in [-0.2, -0.15) is 0 Å². The number of aromatic nitrogens is 2. The smallest absolute Gasteiger partial charge is 0.306 e. The zero-order valence-electron chi connectivity index (χ0n) is 11.7. The largest absolute Gasteiger partial charge is 0.481 e. The molecule has 7 nitrogen and oxygen atoms in total. The fraction of sp³-hybridized carbons (Fsp3) is 0.333. The van der Waals surface area contributed by atoms with Crippen molar-refractivity contribution in [1.29, 1.82) is 0 Å². The van der Waals surface area contributed by atoms with Crippen LogP contribution >= 0.6 is 0 Å². The van der Waals surface area contributed by atoms with Gasteiger partial charge in [0.25, 0.3) is 11.5 Å². The fourth-order valence-corrected chi connectivity index (χ4v) is 2.78. The maximum atomic E-state index is 12.3. The molecule has 1 amide bonds. The number of carbonyl (C=O) groups is 2. The average Bonchev–Trinajstić information content (AvgIpc) is 2.96. The average molecular weight is 301 g/mol. The molecule has 2 aromatic rings. The van der Waals surface area contributed by atoms with Crippen molar-refractivity contribution >= 4 is 17.5 Å². The van der Waals surface area contributed by atoms with E-state index in [1.807, 2.05) is 0 Å². The van der Waals surface area contributed by atoms with Gasteiger partial charge in [-0.3, -0.25) is 18.8 Å². The van der Waals surface area contributed by atoms with Gasteiger partial charge in [-0.05, 0) is 31.4 Å². The Labute approximate surface area is 125 Å². The number of pyridine rings is 1. The molecule has 0 aromatic carbocycles. The third kappa shape index (κ3) is 2.57. The molecule has 0 saturated heterocycles. The molecule has 1 fully saturated rings. The molecule has 0 spiro atoms. The molecule has 0 unspecified atom stereocenters. The highest BCUT2D eigenvalue weighted by molar-refractivity contribution is 5.94. The second kappa shape index (κ2) is 5.59. The second-order valence-electron chi connectivity index (χ2n) is 5.42. The third-order valence-electron chi connectivity index (χ3n) is 3.98. The minimum atomic E-state index is -0.843. The second-order valence-corrected chi connectivity index (χ2v) is 5.42. The Bertz CT molecular complexity index is 799. The van der Waals surface area contributed by atoms with Gasteiger partial charge in [-0.25, -0.2) is 4.98 Å². The molecular formula is C15H15N3O4. The lowest BCUT2D eigenvalue weighted by atomic mass is 10.1. The fourth-order valence-electron chi connectivity index (χ4n) is 2.78. The summed E-state index contributed by atoms with van der Waals surface area (Å²) in [6, 6.07) is 4.90. The van der Waals surface area contributed by atoms with Crippen LogP contribution < -0.4 is 10.9 Å². The summed E-state index contributed by atoms with van der Waals surface area (Å²) in [4.78, 5) is 39.5. The van der Waals surface area contributed by atoms with Gasteiger partial charge in [0, 0.05) is 18.4 Å². The van der Waals surface area contributed by atoms with E-state index in [2.05, 4.69) is 10.3 Å². The normalized spacial score (nSPS) is 20.9. The van der Waals surface area contributed by atoms with Gasteiger partial charge in [-0.1, -0.05) is 6.07 Å². The number of carboxylic acid groups (broad SMARTS) is 1. The molecule has 0 aliphatic heterocycles. The topological polar surface area (TPSA) is 101 Å². The van der Waals surface area contributed by atoms with Crippen molar-refractivity contribution in [1.82, 2.24) is 14.7 Å². The van der Waals surface area contributed by atoms with Crippen molar-refractivity contribution in [3.63, 3.8) is 0 Å². The first-order valence-electron chi connectivity index (χ1n) is 7.06. The highest BCUT2D eigenvalue weighted by atomic mass is 16.4. The van der Waals surface area contributed by atoms with E-state index in [1.165, 1.54) is 10.6 Å². The Morgan fingerprint density at radius 2 is 2.14 bits per heavy atom. The van der Waals surface area contributed by atoms with Gasteiger partial charge in [-0.15, -0.1) is 0 Å². The number of rotatable bonds is 3. The van der Waals surface area contributed by atoms with Crippen LogP contribution in [-0.4, -0.2) is 32.4 Å². The Kier molecular flexibility index (Phi) is 3.62. The maximum Gasteiger partial charge on any atom is 0.306 e. The standard InChI is InChI=1S/C15H15N3O4/c19-13(17-10-5-4-9(7-10)15(21)22)11-8-16-12-3-1-2-6-18(12)14(11)20/h1-3,6,8-10H,4-5,7H2,(H,17,19)(H,21,22)/t9-,10+/m1/s1. The first-order valence-corrected chi connectivity index (χ1v) is 7.06. The van der Waals surface area contributed by atoms with Crippen LogP contribution in [-0.2, 0) is 4.79 Å². The summed E-state index contributed by atoms with van der Waals surface area (Å²) in [5, 5.41) is 11.7. The minimum Gasteiger partial charge on any atom is -0.481 e. The predicted molar refractivity (Wildman–Crippen MR) is 77.7 cm³/mol. The molecule has 1 saturated carbocycles. The van der Waals surface area contributed by atoms with E-state index < -0.39 is 23.4 Å². The summed E-state index contributed by atoms with van der Waals surface area (Å²) in [6.07, 6.45) is 4.35. The monoisotopic (exact) mass is 301 g/mol. The van der Waals surface area contributed by atoms with E-state index in [9.17, 15) is 14.4 Å². The number of carbonyl (C=O) groups excluding carboxylic acids is 1. The van der Waals surface area contributed by atoms with E-state index in [1.54, 1.807) is 24.4 Å². The van der Waals surface area contributed by atoms with Gasteiger partial charge in [0.2, 0.25) is 0 Å². The number of carboxylic acids is 1. The predicted octanol–water partition coefficient (Wildman–Crippen LogP) is 0.678. The van der Waals surface area contributed by atoms with Gasteiger partial charge >= 0.3 is 5.97 Å². The minimum absolute atomic E-state index is 0.0394. The molecule has 2 N–H and O–H groups in total. The quantitative estimate of drug-likeness (QED) is 0.868. The van der Waals surface area contributed by atoms with E-state index in [0.717, 1.165) is 0 Å². The van der Waals surface area contributed by atoms with Crippen LogP contribution in [0.2, 0.25) is 0 Å². The summed E-state index contributed by atoms with van der Waals surface area (Å²) in [5.41, 5.74) is -0.00536. The number of amides is 1. The Balaban J connectivity index is 1.80. The van der Waals surface area contributed by atoms with Crippen molar-refractivity contribution in [3.05, 3.63) is 46.5 Å². The van der Waals surface area contributed by atoms with Crippen LogP contribution in [0.5, 0.6) is 0 Å². The lowest BCUT2D eigenvalue weighted by molar-refractivity contribution is -0.141. The van der Waals surface area contributed by atoms with Crippen LogP contribution in [0.4, 0.5) is 0 Å². The van der Waals surface area contributed by atoms with Gasteiger partial charge < -0.3 is 10.4 Å². The zero-order valence-corrected chi connectivity index (χ0v) is 11.7. The molecule has 2 atom stereocenters. The van der Waals surface area contributed by atoms with E-state index in [4.69, 9.17) is 5.11 Å². The molecule has 2 heterocycles. The highest BCUT2D eigenvalue weighted by Gasteiger charge is 2.31. The number of nitrogens with one attached hydrogen (secondary N) is 1. The third-order valence-corrected chi connectivity index (χ3v) is 3.98. The number of nitrogens with zero attached hydrogens (tertiary/aromatic N) is 2. The summed E-state index contributed by atoms with van der Waals surface area (Å²) in [5.74, 6) is -1.78. The Morgan fingerprint density at radius 3 is 2.86 bits per heavy atom. The highest BCUT2D eigenvalue weighted by Crippen LogP contribution is 2.25. The molecule has 1 aliphatic carbocycles. The first kappa shape index (κ1) is 14.2. The van der Waals surface area contributed by atoms with E-state index in [-0.39, 0.29) is 11.6 Å². The number of hydrogen-bond donors (Lipinski definition) is 2. The van der Waals surface area contributed by atoms with Crippen LogP contribution in [0.3, 0.4) is 0 Å². The molecule has 0 radical (unpaired) electrons. The molecule has 7 heteroatoms. The number of fused-ring (bicyclic) bond motifs is 1. The van der Waals surface area contributed by atoms with Gasteiger partial charge in [0.1, 0.15) is 11.2 Å². The summed E-state index contributed by atoms with van der Waals surface area (Å²) in [6.45, 7) is 0. The van der Waals surface area contributed by atoms with Crippen LogP contribution in [0.25, 0.3) is 5.65 Å². The zero-order chi connectivity index (χ0) is 15.7. The van der Waals surface area contributed by atoms with Crippen molar-refractivity contribution in [2.24, 2.45) is 5.92 Å². The van der Waals surface area contributed by atoms with Crippen LogP contribution in [0, 0.1) is 5.92 Å². The van der Waals surface area contributed by atoms with Crippen molar-refractivity contribution < 1.29 is 14.7 Å². The Hall–Kier alpha value is -2.70. The summed E-state index contributed by atoms with van der Waals surface area (Å²) < 4.78 is 1.31. The molecule has 0 bridgehead atoms. The van der Waals surface area contributed by atoms with Crippen LogP contribution in [0.15, 0.2) is 35.4 Å². The molecule has 1 aliphatic rings. The SMILES string of the molecule is O=C(N[C@H]1CC[C@@H](C(=O)O)C1)c1cnc2ccccn2c1=O. The molecular weight excluding hydrogens is 286 g/mol. The Morgan fingerprint density at radius 1 is 1.32 bits per heavy atom. The van der Waals surface area contributed by atoms with Gasteiger partial charge in [0.05, 0.1) is 5.92 Å². The van der Waals surface area contributed by atoms with E-state index >= 15 is 0 Å². The van der Waals surface area contributed by atoms with E-state index in [0.29, 0.717) is 24.9 Å². The molecule has 2 aromatic heterocycles. The van der Waals surface area contributed by atoms with Gasteiger partial charge in [0.15, 0.2) is 0 Å². The lowest BCUT2D eigenvalue weighted by Crippen LogP contribution is -2.37. The first-order chi connectivity index (χ1) is 10.6. The number of aliphatic carboxylic acids is 1. The number of hydrogen-bond acceptors (Lipinski definition) is 4. The van der Waals surface area contributed by atoms with Crippen molar-refractivity contribution in [2.75, 3.05) is 0 Å². The maximum absolute atomic E-state index is 12.3. The summed E-state index contributed by atoms with van der Waals surface area (Å²) in [7, 11) is 0. The molecule has 3 rings (SSSR count). The molecule has 114 valence electrons. The lowest BCUT2D eigenvalue weighted by Gasteiger charge is -2.12. The molecule has 22 heavy (non-hydrogen) atoms. The van der Waals surface area contributed by atoms with Crippen molar-refractivity contribution in [2.45, 2.75) is 25.3 Å². The summed E-state index contributed by atoms with van der Waals surface area (Å²) >= 11 is 0.